The molecule has 0 spiro atoms. The van der Waals surface area contributed by atoms with Crippen LogP contribution in [0.3, 0.4) is 0 Å². The third-order valence-corrected chi connectivity index (χ3v) is 5.15. The number of hydrogen-bond acceptors (Lipinski definition) is 2. The van der Waals surface area contributed by atoms with Crippen molar-refractivity contribution < 1.29 is 19.8 Å². The molecule has 86 valence electrons. The van der Waals surface area contributed by atoms with E-state index in [1.807, 2.05) is 13.8 Å². The third-order valence-electron chi connectivity index (χ3n) is 5.15. The van der Waals surface area contributed by atoms with Crippen molar-refractivity contribution in [2.45, 2.75) is 34.6 Å². The van der Waals surface area contributed by atoms with Crippen LogP contribution < -0.4 is 0 Å². The van der Waals surface area contributed by atoms with E-state index < -0.39 is 28.2 Å². The Morgan fingerprint density at radius 3 is 1.60 bits per heavy atom. The van der Waals surface area contributed by atoms with E-state index in [0.29, 0.717) is 0 Å². The standard InChI is InChI=1S/C11H18O4/c1-6-9(2,3)11(5,8(14)15)10(6,4)7(12)13/h6H,1-5H3,(H,12,13)(H,14,15). The van der Waals surface area contributed by atoms with Crippen molar-refractivity contribution in [3.8, 4) is 0 Å². The Bertz CT molecular complexity index is 333. The van der Waals surface area contributed by atoms with Crippen LogP contribution in [0.25, 0.3) is 0 Å². The Balaban J connectivity index is 3.35. The summed E-state index contributed by atoms with van der Waals surface area (Å²) in [6, 6.07) is 0. The molecular formula is C11H18O4. The maximum absolute atomic E-state index is 11.3. The first-order valence-electron chi connectivity index (χ1n) is 5.01. The van der Waals surface area contributed by atoms with Crippen LogP contribution in [0.1, 0.15) is 34.6 Å². The van der Waals surface area contributed by atoms with Gasteiger partial charge >= 0.3 is 11.9 Å². The molecule has 1 rings (SSSR count). The van der Waals surface area contributed by atoms with Crippen molar-refractivity contribution in [2.75, 3.05) is 0 Å². The molecule has 4 heteroatoms. The summed E-state index contributed by atoms with van der Waals surface area (Å²) in [5.41, 5.74) is -2.92. The zero-order valence-electron chi connectivity index (χ0n) is 9.79. The minimum absolute atomic E-state index is 0.163. The lowest BCUT2D eigenvalue weighted by atomic mass is 9.33. The number of carboxylic acids is 2. The van der Waals surface area contributed by atoms with Crippen molar-refractivity contribution in [3.05, 3.63) is 0 Å². The van der Waals surface area contributed by atoms with Gasteiger partial charge in [-0.1, -0.05) is 20.8 Å². The molecule has 0 aromatic rings. The normalized spacial score (nSPS) is 43.1. The summed E-state index contributed by atoms with van der Waals surface area (Å²) in [6.45, 7) is 8.49. The zero-order valence-corrected chi connectivity index (χ0v) is 9.79. The van der Waals surface area contributed by atoms with Crippen LogP contribution in [0.15, 0.2) is 0 Å². The zero-order chi connectivity index (χ0) is 12.2. The molecule has 1 fully saturated rings. The Morgan fingerprint density at radius 2 is 1.40 bits per heavy atom. The van der Waals surface area contributed by atoms with Gasteiger partial charge in [0.25, 0.3) is 0 Å². The highest BCUT2D eigenvalue weighted by Gasteiger charge is 2.77. The molecule has 15 heavy (non-hydrogen) atoms. The second-order valence-electron chi connectivity index (χ2n) is 5.38. The van der Waals surface area contributed by atoms with E-state index in [2.05, 4.69) is 0 Å². The average molecular weight is 214 g/mol. The summed E-state index contributed by atoms with van der Waals surface area (Å²) in [6.07, 6.45) is 0. The maximum atomic E-state index is 11.3. The Labute approximate surface area is 89.3 Å². The molecule has 0 aromatic heterocycles. The average Bonchev–Trinajstić information content (AvgIpc) is 2.12. The first kappa shape index (κ1) is 12.0. The molecule has 0 bridgehead atoms. The van der Waals surface area contributed by atoms with Crippen LogP contribution in [0.2, 0.25) is 0 Å². The highest BCUT2D eigenvalue weighted by Crippen LogP contribution is 2.71. The van der Waals surface area contributed by atoms with E-state index >= 15 is 0 Å². The van der Waals surface area contributed by atoms with Gasteiger partial charge in [0.1, 0.15) is 0 Å². The van der Waals surface area contributed by atoms with Gasteiger partial charge < -0.3 is 10.2 Å². The molecule has 4 nitrogen and oxygen atoms in total. The second kappa shape index (κ2) is 2.74. The molecule has 2 N–H and O–H groups in total. The lowest BCUT2D eigenvalue weighted by molar-refractivity contribution is -0.249. The predicted octanol–water partition coefficient (Wildman–Crippen LogP) is 1.84. The summed E-state index contributed by atoms with van der Waals surface area (Å²) in [5, 5.41) is 18.5. The molecule has 0 heterocycles. The molecule has 0 radical (unpaired) electrons. The van der Waals surface area contributed by atoms with Crippen molar-refractivity contribution in [3.63, 3.8) is 0 Å². The molecule has 3 unspecified atom stereocenters. The molecule has 3 atom stereocenters. The van der Waals surface area contributed by atoms with Crippen LogP contribution >= 0.6 is 0 Å². The molecule has 0 saturated heterocycles. The highest BCUT2D eigenvalue weighted by atomic mass is 16.4. The van der Waals surface area contributed by atoms with E-state index in [0.717, 1.165) is 0 Å². The second-order valence-corrected chi connectivity index (χ2v) is 5.38. The summed E-state index contributed by atoms with van der Waals surface area (Å²) in [4.78, 5) is 22.6. The predicted molar refractivity (Wildman–Crippen MR) is 54.4 cm³/mol. The van der Waals surface area contributed by atoms with Crippen molar-refractivity contribution in [1.82, 2.24) is 0 Å². The van der Waals surface area contributed by atoms with Crippen LogP contribution in [-0.2, 0) is 9.59 Å². The van der Waals surface area contributed by atoms with Crippen LogP contribution in [0, 0.1) is 22.2 Å². The molecule has 1 aliphatic carbocycles. The third kappa shape index (κ3) is 0.924. The fourth-order valence-electron chi connectivity index (χ4n) is 3.08. The van der Waals surface area contributed by atoms with Gasteiger partial charge in [0.2, 0.25) is 0 Å². The summed E-state index contributed by atoms with van der Waals surface area (Å²) < 4.78 is 0. The Morgan fingerprint density at radius 1 is 1.00 bits per heavy atom. The van der Waals surface area contributed by atoms with Crippen molar-refractivity contribution in [1.29, 1.82) is 0 Å². The minimum atomic E-state index is -1.22. The van der Waals surface area contributed by atoms with Gasteiger partial charge in [0, 0.05) is 0 Å². The minimum Gasteiger partial charge on any atom is -0.481 e. The Hall–Kier alpha value is -1.06. The topological polar surface area (TPSA) is 74.6 Å². The molecule has 1 aliphatic rings. The largest absolute Gasteiger partial charge is 0.481 e. The Kier molecular flexibility index (Phi) is 2.20. The van der Waals surface area contributed by atoms with Crippen molar-refractivity contribution >= 4 is 11.9 Å². The fourth-order valence-corrected chi connectivity index (χ4v) is 3.08. The smallest absolute Gasteiger partial charge is 0.311 e. The first-order valence-corrected chi connectivity index (χ1v) is 5.01. The van der Waals surface area contributed by atoms with Gasteiger partial charge in [0.15, 0.2) is 0 Å². The number of rotatable bonds is 2. The first-order chi connectivity index (χ1) is 6.54. The van der Waals surface area contributed by atoms with Crippen molar-refractivity contribution in [2.24, 2.45) is 22.2 Å². The van der Waals surface area contributed by atoms with Gasteiger partial charge in [0.05, 0.1) is 10.8 Å². The molecule has 0 aliphatic heterocycles. The van der Waals surface area contributed by atoms with E-state index in [4.69, 9.17) is 0 Å². The number of aliphatic carboxylic acids is 2. The number of carboxylic acid groups (broad SMARTS) is 2. The number of hydrogen-bond donors (Lipinski definition) is 2. The molecule has 0 aromatic carbocycles. The summed E-state index contributed by atoms with van der Waals surface area (Å²) >= 11 is 0. The van der Waals surface area contributed by atoms with Gasteiger partial charge in [-0.2, -0.15) is 0 Å². The van der Waals surface area contributed by atoms with Gasteiger partial charge in [-0.05, 0) is 25.2 Å². The number of carbonyl (C=O) groups is 2. The fraction of sp³-hybridized carbons (Fsp3) is 0.818. The van der Waals surface area contributed by atoms with E-state index in [1.54, 1.807) is 6.92 Å². The van der Waals surface area contributed by atoms with Gasteiger partial charge in [-0.15, -0.1) is 0 Å². The molecular weight excluding hydrogens is 196 g/mol. The highest BCUT2D eigenvalue weighted by molar-refractivity contribution is 5.90. The van der Waals surface area contributed by atoms with Crippen LogP contribution in [0.5, 0.6) is 0 Å². The van der Waals surface area contributed by atoms with Crippen LogP contribution in [0.4, 0.5) is 0 Å². The maximum Gasteiger partial charge on any atom is 0.311 e. The quantitative estimate of drug-likeness (QED) is 0.735. The molecule has 0 amide bonds. The SMILES string of the molecule is CC1C(C)(C)C(C)(C(=O)O)C1(C)C(=O)O. The summed E-state index contributed by atoms with van der Waals surface area (Å²) in [5.74, 6) is -2.22. The summed E-state index contributed by atoms with van der Waals surface area (Å²) in [7, 11) is 0. The lowest BCUT2D eigenvalue weighted by Gasteiger charge is -2.67. The molecule has 1 saturated carbocycles. The monoisotopic (exact) mass is 214 g/mol. The van der Waals surface area contributed by atoms with Gasteiger partial charge in [-0.25, -0.2) is 0 Å². The van der Waals surface area contributed by atoms with E-state index in [-0.39, 0.29) is 5.92 Å². The van der Waals surface area contributed by atoms with Gasteiger partial charge in [-0.3, -0.25) is 9.59 Å². The van der Waals surface area contributed by atoms with E-state index in [9.17, 15) is 19.8 Å². The lowest BCUT2D eigenvalue weighted by Crippen LogP contribution is -2.73. The van der Waals surface area contributed by atoms with E-state index in [1.165, 1.54) is 13.8 Å². The van der Waals surface area contributed by atoms with Crippen LogP contribution in [-0.4, -0.2) is 22.2 Å².